The third-order valence-electron chi connectivity index (χ3n) is 4.39. The SMILES string of the molecule is CC[C@@H](C)OC(=O)CN1C(=O)S/C(=C/c2ccc(-c3ccc(Cl)cc3[N+](=O)[O-])o2)C1=O. The monoisotopic (exact) mass is 464 g/mol. The standard InChI is InChI=1S/C20H17ClN2O7S/c1-3-11(2)29-18(24)10-22-19(25)17(31-20(22)26)9-13-5-7-16(30-13)14-6-4-12(21)8-15(14)23(27)28/h4-9,11H,3,10H2,1-2H3/b17-9+/t11-/m1/s1. The highest BCUT2D eigenvalue weighted by Crippen LogP contribution is 2.36. The van der Waals surface area contributed by atoms with Crippen molar-refractivity contribution in [1.29, 1.82) is 0 Å². The van der Waals surface area contributed by atoms with Gasteiger partial charge in [0, 0.05) is 17.2 Å². The molecule has 0 bridgehead atoms. The van der Waals surface area contributed by atoms with E-state index in [4.69, 9.17) is 20.8 Å². The fourth-order valence-corrected chi connectivity index (χ4v) is 3.66. The second kappa shape index (κ2) is 9.36. The third kappa shape index (κ3) is 5.15. The minimum absolute atomic E-state index is 0.0628. The van der Waals surface area contributed by atoms with E-state index >= 15 is 0 Å². The van der Waals surface area contributed by atoms with Gasteiger partial charge in [0.25, 0.3) is 16.8 Å². The molecule has 0 aliphatic carbocycles. The van der Waals surface area contributed by atoms with Crippen LogP contribution in [0.2, 0.25) is 5.02 Å². The Morgan fingerprint density at radius 1 is 1.35 bits per heavy atom. The van der Waals surface area contributed by atoms with Crippen molar-refractivity contribution >= 4 is 52.2 Å². The van der Waals surface area contributed by atoms with Crippen LogP contribution in [-0.2, 0) is 14.3 Å². The van der Waals surface area contributed by atoms with Crippen molar-refractivity contribution in [2.45, 2.75) is 26.4 Å². The van der Waals surface area contributed by atoms with E-state index in [-0.39, 0.29) is 38.8 Å². The van der Waals surface area contributed by atoms with Crippen molar-refractivity contribution in [1.82, 2.24) is 4.90 Å². The van der Waals surface area contributed by atoms with Gasteiger partial charge in [0.15, 0.2) is 0 Å². The minimum atomic E-state index is -0.673. The third-order valence-corrected chi connectivity index (χ3v) is 5.53. The van der Waals surface area contributed by atoms with Gasteiger partial charge in [-0.25, -0.2) is 0 Å². The molecule has 1 atom stereocenters. The molecule has 0 spiro atoms. The number of halogens is 1. The van der Waals surface area contributed by atoms with Crippen LogP contribution in [0, 0.1) is 10.1 Å². The highest BCUT2D eigenvalue weighted by Gasteiger charge is 2.37. The van der Waals surface area contributed by atoms with Crippen LogP contribution in [0.4, 0.5) is 10.5 Å². The topological polar surface area (TPSA) is 120 Å². The fourth-order valence-electron chi connectivity index (χ4n) is 2.68. The van der Waals surface area contributed by atoms with Crippen LogP contribution in [0.5, 0.6) is 0 Å². The molecule has 1 saturated heterocycles. The number of carbonyl (C=O) groups is 3. The number of amides is 2. The van der Waals surface area contributed by atoms with E-state index < -0.39 is 28.6 Å². The van der Waals surface area contributed by atoms with Gasteiger partial charge in [0.05, 0.1) is 21.5 Å². The lowest BCUT2D eigenvalue weighted by Gasteiger charge is -2.14. The van der Waals surface area contributed by atoms with Gasteiger partial charge in [-0.2, -0.15) is 0 Å². The predicted molar refractivity (Wildman–Crippen MR) is 114 cm³/mol. The van der Waals surface area contributed by atoms with Crippen LogP contribution >= 0.6 is 23.4 Å². The number of imide groups is 1. The second-order valence-corrected chi connectivity index (χ2v) is 8.03. The smallest absolute Gasteiger partial charge is 0.326 e. The van der Waals surface area contributed by atoms with E-state index in [1.165, 1.54) is 36.4 Å². The molecule has 11 heteroatoms. The van der Waals surface area contributed by atoms with Crippen LogP contribution < -0.4 is 0 Å². The molecular weight excluding hydrogens is 448 g/mol. The zero-order valence-corrected chi connectivity index (χ0v) is 18.1. The van der Waals surface area contributed by atoms with Crippen molar-refractivity contribution in [3.63, 3.8) is 0 Å². The van der Waals surface area contributed by atoms with Crippen molar-refractivity contribution in [2.75, 3.05) is 6.54 Å². The molecule has 0 N–H and O–H groups in total. The molecule has 1 aromatic heterocycles. The Hall–Kier alpha value is -3.11. The molecule has 1 aliphatic rings. The summed E-state index contributed by atoms with van der Waals surface area (Å²) in [5.74, 6) is -0.905. The highest BCUT2D eigenvalue weighted by atomic mass is 35.5. The van der Waals surface area contributed by atoms with E-state index in [0.717, 1.165) is 4.90 Å². The maximum atomic E-state index is 12.5. The fraction of sp³-hybridized carbons (Fsp3) is 0.250. The van der Waals surface area contributed by atoms with E-state index in [1.807, 2.05) is 6.92 Å². The second-order valence-electron chi connectivity index (χ2n) is 6.60. The Balaban J connectivity index is 1.79. The zero-order chi connectivity index (χ0) is 22.7. The van der Waals surface area contributed by atoms with Crippen molar-refractivity contribution in [3.8, 4) is 11.3 Å². The number of thioether (sulfide) groups is 1. The van der Waals surface area contributed by atoms with E-state index in [1.54, 1.807) is 6.92 Å². The normalized spacial score (nSPS) is 16.1. The molecule has 2 aromatic rings. The number of furan rings is 1. The van der Waals surface area contributed by atoms with Crippen molar-refractivity contribution < 1.29 is 28.5 Å². The van der Waals surface area contributed by atoms with Crippen LogP contribution in [-0.4, -0.2) is 39.6 Å². The van der Waals surface area contributed by atoms with Gasteiger partial charge in [-0.05, 0) is 49.4 Å². The van der Waals surface area contributed by atoms with Gasteiger partial charge >= 0.3 is 5.97 Å². The Labute approximate surface area is 186 Å². The van der Waals surface area contributed by atoms with Crippen molar-refractivity contribution in [2.24, 2.45) is 0 Å². The average molecular weight is 465 g/mol. The number of carbonyl (C=O) groups excluding carboxylic acids is 3. The zero-order valence-electron chi connectivity index (χ0n) is 16.5. The average Bonchev–Trinajstić information content (AvgIpc) is 3.28. The van der Waals surface area contributed by atoms with Gasteiger partial charge in [-0.15, -0.1) is 0 Å². The van der Waals surface area contributed by atoms with E-state index in [2.05, 4.69) is 0 Å². The molecule has 0 radical (unpaired) electrons. The molecule has 0 saturated carbocycles. The van der Waals surface area contributed by atoms with Gasteiger partial charge in [-0.1, -0.05) is 18.5 Å². The molecule has 3 rings (SSSR count). The molecule has 1 aromatic carbocycles. The maximum absolute atomic E-state index is 12.5. The molecule has 2 amide bonds. The molecule has 162 valence electrons. The van der Waals surface area contributed by atoms with Crippen LogP contribution in [0.1, 0.15) is 26.0 Å². The van der Waals surface area contributed by atoms with Crippen LogP contribution in [0.15, 0.2) is 39.7 Å². The minimum Gasteiger partial charge on any atom is -0.461 e. The van der Waals surface area contributed by atoms with Crippen LogP contribution in [0.3, 0.4) is 0 Å². The molecule has 2 heterocycles. The summed E-state index contributed by atoms with van der Waals surface area (Å²) in [5.41, 5.74) is -0.0107. The molecule has 1 aliphatic heterocycles. The summed E-state index contributed by atoms with van der Waals surface area (Å²) < 4.78 is 10.7. The number of ether oxygens (including phenoxy) is 1. The van der Waals surface area contributed by atoms with Gasteiger partial charge in [0.2, 0.25) is 0 Å². The largest absolute Gasteiger partial charge is 0.461 e. The summed E-state index contributed by atoms with van der Waals surface area (Å²) in [4.78, 5) is 48.2. The Morgan fingerprint density at radius 3 is 2.77 bits per heavy atom. The van der Waals surface area contributed by atoms with Gasteiger partial charge in [-0.3, -0.25) is 29.4 Å². The summed E-state index contributed by atoms with van der Waals surface area (Å²) >= 11 is 6.49. The van der Waals surface area contributed by atoms with Crippen molar-refractivity contribution in [3.05, 3.63) is 56.1 Å². The number of nitro benzene ring substituents is 1. The first-order valence-electron chi connectivity index (χ1n) is 9.18. The van der Waals surface area contributed by atoms with E-state index in [0.29, 0.717) is 18.2 Å². The van der Waals surface area contributed by atoms with Gasteiger partial charge < -0.3 is 9.15 Å². The highest BCUT2D eigenvalue weighted by molar-refractivity contribution is 8.18. The Morgan fingerprint density at radius 2 is 2.10 bits per heavy atom. The number of hydrogen-bond acceptors (Lipinski definition) is 8. The number of hydrogen-bond donors (Lipinski definition) is 0. The Kier molecular flexibility index (Phi) is 6.81. The summed E-state index contributed by atoms with van der Waals surface area (Å²) in [6, 6.07) is 7.19. The lowest BCUT2D eigenvalue weighted by Crippen LogP contribution is -2.35. The first-order chi connectivity index (χ1) is 14.7. The summed E-state index contributed by atoms with van der Waals surface area (Å²) in [5, 5.41) is 10.9. The molecule has 9 nitrogen and oxygen atoms in total. The predicted octanol–water partition coefficient (Wildman–Crippen LogP) is 4.89. The number of nitrogens with zero attached hydrogens (tertiary/aromatic N) is 2. The molecule has 31 heavy (non-hydrogen) atoms. The lowest BCUT2D eigenvalue weighted by atomic mass is 10.1. The molecule has 0 unspecified atom stereocenters. The summed E-state index contributed by atoms with van der Waals surface area (Å²) in [6.07, 6.45) is 1.64. The quantitative estimate of drug-likeness (QED) is 0.246. The summed E-state index contributed by atoms with van der Waals surface area (Å²) in [7, 11) is 0. The molecule has 1 fully saturated rings. The lowest BCUT2D eigenvalue weighted by molar-refractivity contribution is -0.384. The number of rotatable bonds is 7. The molecular formula is C20H17ClN2O7S. The maximum Gasteiger partial charge on any atom is 0.326 e. The first-order valence-corrected chi connectivity index (χ1v) is 10.4. The number of benzene rings is 1. The van der Waals surface area contributed by atoms with Crippen LogP contribution in [0.25, 0.3) is 17.4 Å². The van der Waals surface area contributed by atoms with Gasteiger partial charge in [0.1, 0.15) is 18.1 Å². The summed E-state index contributed by atoms with van der Waals surface area (Å²) in [6.45, 7) is 3.08. The Bertz CT molecular complexity index is 1090. The number of esters is 1. The first kappa shape index (κ1) is 22.6. The van der Waals surface area contributed by atoms with E-state index in [9.17, 15) is 24.5 Å². The number of nitro groups is 1.